The molecule has 0 unspecified atom stereocenters. The molecule has 20 heavy (non-hydrogen) atoms. The molecule has 1 aromatic rings. The average Bonchev–Trinajstić information content (AvgIpc) is 2.39. The van der Waals surface area contributed by atoms with Crippen LogP contribution in [0.3, 0.4) is 0 Å². The van der Waals surface area contributed by atoms with E-state index in [0.29, 0.717) is 0 Å². The minimum absolute atomic E-state index is 0.304. The number of ether oxygens (including phenoxy) is 1. The quantitative estimate of drug-likeness (QED) is 0.159. The van der Waals surface area contributed by atoms with Crippen LogP contribution in [0.1, 0.15) is 12.8 Å². The normalized spacial score (nSPS) is 10.4. The molecule has 0 N–H and O–H groups in total. The minimum atomic E-state index is -2.38. The van der Waals surface area contributed by atoms with Crippen LogP contribution < -0.4 is 4.74 Å². The van der Waals surface area contributed by atoms with E-state index in [9.17, 15) is 36.9 Å². The van der Waals surface area contributed by atoms with Crippen molar-refractivity contribution in [2.24, 2.45) is 0 Å². The molecular formula is C10H6F5NO4. The predicted molar refractivity (Wildman–Crippen MR) is 53.0 cm³/mol. The van der Waals surface area contributed by atoms with E-state index in [2.05, 4.69) is 4.74 Å². The summed E-state index contributed by atoms with van der Waals surface area (Å²) < 4.78 is 68.5. The average molecular weight is 299 g/mol. The number of hydrogen-bond acceptors (Lipinski definition) is 4. The Labute approximate surface area is 108 Å². The van der Waals surface area contributed by atoms with Crippen LogP contribution in [-0.4, -0.2) is 17.4 Å². The fourth-order valence-electron chi connectivity index (χ4n) is 1.19. The van der Waals surface area contributed by atoms with Crippen LogP contribution in [0.4, 0.5) is 22.0 Å². The summed E-state index contributed by atoms with van der Waals surface area (Å²) in [5.74, 6) is -14.5. The van der Waals surface area contributed by atoms with Gasteiger partial charge >= 0.3 is 5.97 Å². The number of carbonyl (C=O) groups excluding carboxylic acids is 1. The third-order valence-corrected chi connectivity index (χ3v) is 2.11. The molecule has 0 bridgehead atoms. The Kier molecular flexibility index (Phi) is 4.94. The van der Waals surface area contributed by atoms with Crippen molar-refractivity contribution in [3.63, 3.8) is 0 Å². The van der Waals surface area contributed by atoms with Gasteiger partial charge in [-0.1, -0.05) is 0 Å². The molecule has 0 saturated heterocycles. The van der Waals surface area contributed by atoms with Crippen molar-refractivity contribution < 1.29 is 36.4 Å². The van der Waals surface area contributed by atoms with Gasteiger partial charge in [0.25, 0.3) is 0 Å². The standard InChI is InChI=1S/C10H6F5NO4/c11-5-6(12)8(14)10(9(15)7(5)13)20-4(17)2-1-3-16(18)19/h1-3H2. The van der Waals surface area contributed by atoms with Crippen LogP contribution >= 0.6 is 0 Å². The summed E-state index contributed by atoms with van der Waals surface area (Å²) in [5.41, 5.74) is 0. The maximum Gasteiger partial charge on any atom is 0.311 e. The molecule has 0 fully saturated rings. The predicted octanol–water partition coefficient (Wildman–Crippen LogP) is 2.34. The van der Waals surface area contributed by atoms with Gasteiger partial charge in [-0.3, -0.25) is 14.9 Å². The summed E-state index contributed by atoms with van der Waals surface area (Å²) in [6, 6.07) is 0. The first-order valence-corrected chi connectivity index (χ1v) is 5.09. The van der Waals surface area contributed by atoms with Crippen molar-refractivity contribution in [2.75, 3.05) is 6.54 Å². The van der Waals surface area contributed by atoms with E-state index in [-0.39, 0.29) is 6.42 Å². The van der Waals surface area contributed by atoms with Crippen molar-refractivity contribution in [1.29, 1.82) is 0 Å². The Hall–Kier alpha value is -2.26. The Morgan fingerprint density at radius 2 is 1.45 bits per heavy atom. The van der Waals surface area contributed by atoms with E-state index in [1.54, 1.807) is 0 Å². The Morgan fingerprint density at radius 1 is 1.00 bits per heavy atom. The number of nitro groups is 1. The van der Waals surface area contributed by atoms with Gasteiger partial charge in [0.05, 0.1) is 6.42 Å². The number of esters is 1. The van der Waals surface area contributed by atoms with E-state index < -0.39 is 58.7 Å². The van der Waals surface area contributed by atoms with Crippen LogP contribution in [0.15, 0.2) is 0 Å². The van der Waals surface area contributed by atoms with Crippen LogP contribution in [0.5, 0.6) is 5.75 Å². The van der Waals surface area contributed by atoms with Gasteiger partial charge in [-0.05, 0) is 0 Å². The fraction of sp³-hybridized carbons (Fsp3) is 0.300. The highest BCUT2D eigenvalue weighted by Crippen LogP contribution is 2.29. The maximum absolute atomic E-state index is 13.1. The van der Waals surface area contributed by atoms with Crippen LogP contribution in [-0.2, 0) is 4.79 Å². The minimum Gasteiger partial charge on any atom is -0.420 e. The monoisotopic (exact) mass is 299 g/mol. The van der Waals surface area contributed by atoms with Gasteiger partial charge in [0.1, 0.15) is 0 Å². The first-order valence-electron chi connectivity index (χ1n) is 5.09. The zero-order valence-corrected chi connectivity index (χ0v) is 9.59. The van der Waals surface area contributed by atoms with E-state index in [1.165, 1.54) is 0 Å². The SMILES string of the molecule is O=C(CCC[N+](=O)[O-])Oc1c(F)c(F)c(F)c(F)c1F. The van der Waals surface area contributed by atoms with Crippen LogP contribution in [0.2, 0.25) is 0 Å². The summed E-state index contributed by atoms with van der Waals surface area (Å²) in [7, 11) is 0. The number of rotatable bonds is 5. The lowest BCUT2D eigenvalue weighted by molar-refractivity contribution is -0.480. The van der Waals surface area contributed by atoms with Crippen LogP contribution in [0.25, 0.3) is 0 Å². The molecule has 0 spiro atoms. The molecule has 110 valence electrons. The van der Waals surface area contributed by atoms with Gasteiger partial charge in [-0.15, -0.1) is 0 Å². The van der Waals surface area contributed by atoms with E-state index in [4.69, 9.17) is 0 Å². The van der Waals surface area contributed by atoms with Gasteiger partial charge in [0, 0.05) is 11.3 Å². The molecule has 0 amide bonds. The van der Waals surface area contributed by atoms with Crippen LogP contribution in [0, 0.1) is 39.2 Å². The van der Waals surface area contributed by atoms with E-state index in [1.807, 2.05) is 0 Å². The molecule has 0 aliphatic rings. The van der Waals surface area contributed by atoms with Crippen molar-refractivity contribution >= 4 is 5.97 Å². The number of halogens is 5. The summed E-state index contributed by atoms with van der Waals surface area (Å²) in [5, 5.41) is 9.97. The molecular weight excluding hydrogens is 293 g/mol. The summed E-state index contributed by atoms with van der Waals surface area (Å²) in [4.78, 5) is 20.3. The highest BCUT2D eigenvalue weighted by Gasteiger charge is 2.28. The number of hydrogen-bond donors (Lipinski definition) is 0. The second kappa shape index (κ2) is 6.26. The second-order valence-electron chi connectivity index (χ2n) is 3.53. The second-order valence-corrected chi connectivity index (χ2v) is 3.53. The van der Waals surface area contributed by atoms with Crippen molar-refractivity contribution in [2.45, 2.75) is 12.8 Å². The van der Waals surface area contributed by atoms with Gasteiger partial charge in [-0.2, -0.15) is 8.78 Å². The van der Waals surface area contributed by atoms with Gasteiger partial charge in [-0.25, -0.2) is 13.2 Å². The van der Waals surface area contributed by atoms with Crippen molar-refractivity contribution in [1.82, 2.24) is 0 Å². The van der Waals surface area contributed by atoms with E-state index in [0.717, 1.165) is 0 Å². The zero-order chi connectivity index (χ0) is 15.4. The summed E-state index contributed by atoms with van der Waals surface area (Å²) in [6.45, 7) is -0.605. The molecule has 0 heterocycles. The van der Waals surface area contributed by atoms with Gasteiger partial charge < -0.3 is 4.74 Å². The number of carbonyl (C=O) groups is 1. The third kappa shape index (κ3) is 3.39. The summed E-state index contributed by atoms with van der Waals surface area (Å²) in [6.07, 6.45) is -0.915. The Morgan fingerprint density at radius 3 is 1.90 bits per heavy atom. The van der Waals surface area contributed by atoms with Gasteiger partial charge in [0.2, 0.25) is 41.4 Å². The molecule has 5 nitrogen and oxygen atoms in total. The fourth-order valence-corrected chi connectivity index (χ4v) is 1.19. The topological polar surface area (TPSA) is 69.4 Å². The Balaban J connectivity index is 2.88. The zero-order valence-electron chi connectivity index (χ0n) is 9.59. The highest BCUT2D eigenvalue weighted by atomic mass is 19.2. The number of benzene rings is 1. The molecule has 0 atom stereocenters. The largest absolute Gasteiger partial charge is 0.420 e. The molecule has 0 aliphatic carbocycles. The smallest absolute Gasteiger partial charge is 0.311 e. The molecule has 1 rings (SSSR count). The molecule has 0 radical (unpaired) electrons. The first kappa shape index (κ1) is 15.8. The molecule has 0 aromatic heterocycles. The maximum atomic E-state index is 13.1. The third-order valence-electron chi connectivity index (χ3n) is 2.11. The first-order chi connectivity index (χ1) is 9.25. The molecule has 10 heteroatoms. The lowest BCUT2D eigenvalue weighted by Gasteiger charge is -2.08. The molecule has 0 saturated carbocycles. The van der Waals surface area contributed by atoms with E-state index >= 15 is 0 Å². The van der Waals surface area contributed by atoms with Gasteiger partial charge in [0.15, 0.2) is 0 Å². The molecule has 0 aliphatic heterocycles. The van der Waals surface area contributed by atoms with Crippen molar-refractivity contribution in [3.05, 3.63) is 39.2 Å². The Bertz CT molecular complexity index is 534. The lowest BCUT2D eigenvalue weighted by Crippen LogP contribution is -2.14. The lowest BCUT2D eigenvalue weighted by atomic mass is 10.2. The van der Waals surface area contributed by atoms with Crippen molar-refractivity contribution in [3.8, 4) is 5.75 Å². The molecule has 1 aromatic carbocycles. The number of nitrogens with zero attached hydrogens (tertiary/aromatic N) is 1. The highest BCUT2D eigenvalue weighted by molar-refractivity contribution is 5.72. The summed E-state index contributed by atoms with van der Waals surface area (Å²) >= 11 is 0.